The van der Waals surface area contributed by atoms with Gasteiger partial charge in [-0.2, -0.15) is 36.5 Å². The molecule has 4 atom stereocenters. The van der Waals surface area contributed by atoms with Gasteiger partial charge in [0.2, 0.25) is 0 Å². The molecule has 2 aliphatic heterocycles. The average Bonchev–Trinajstić information content (AvgIpc) is 1.64. The molecule has 468 valence electrons. The lowest BCUT2D eigenvalue weighted by Crippen LogP contribution is -2.55. The number of fused-ring (bicyclic) bond motifs is 2. The third-order valence-corrected chi connectivity index (χ3v) is 18.1. The fourth-order valence-electron chi connectivity index (χ4n) is 11.4. The topological polar surface area (TPSA) is 235 Å². The number of alkyl halides is 6. The summed E-state index contributed by atoms with van der Waals surface area (Å²) in [7, 11) is -3.94. The lowest BCUT2D eigenvalue weighted by atomic mass is 10.0. The number of aliphatic hydroxyl groups excluding tert-OH is 2. The Bertz CT molecular complexity index is 3880. The summed E-state index contributed by atoms with van der Waals surface area (Å²) < 4.78 is 146. The van der Waals surface area contributed by atoms with Gasteiger partial charge in [-0.15, -0.1) is 0 Å². The van der Waals surface area contributed by atoms with Crippen LogP contribution < -0.4 is 9.47 Å². The number of halogens is 6. The van der Waals surface area contributed by atoms with Crippen LogP contribution >= 0.6 is 0 Å². The number of amides is 2. The Balaban J connectivity index is 0.000000209. The number of hydrogen-bond donors (Lipinski definition) is 2. The molecule has 0 bridgehead atoms. The van der Waals surface area contributed by atoms with Gasteiger partial charge in [-0.3, -0.25) is 19.4 Å². The van der Waals surface area contributed by atoms with Crippen molar-refractivity contribution >= 4 is 42.8 Å². The first kappa shape index (κ1) is 64.5. The van der Waals surface area contributed by atoms with Crippen molar-refractivity contribution in [3.63, 3.8) is 0 Å². The number of hydrogen-bond acceptors (Lipinski definition) is 16. The zero-order chi connectivity index (χ0) is 63.9. The van der Waals surface area contributed by atoms with Crippen molar-refractivity contribution in [2.75, 3.05) is 79.2 Å². The first-order valence-electron chi connectivity index (χ1n) is 27.6. The van der Waals surface area contributed by atoms with Crippen LogP contribution in [-0.2, 0) is 32.0 Å². The molecule has 8 aromatic rings. The van der Waals surface area contributed by atoms with Crippen LogP contribution in [0.4, 0.5) is 26.3 Å². The highest BCUT2D eigenvalue weighted by Crippen LogP contribution is 2.40. The predicted molar refractivity (Wildman–Crippen MR) is 312 cm³/mol. The third-order valence-electron chi connectivity index (χ3n) is 15.9. The summed E-state index contributed by atoms with van der Waals surface area (Å²) in [5.41, 5.74) is -0.618. The highest BCUT2D eigenvalue weighted by molar-refractivity contribution is 7.91. The number of aromatic nitrogens is 6. The van der Waals surface area contributed by atoms with Crippen molar-refractivity contribution < 1.29 is 72.5 Å². The van der Waals surface area contributed by atoms with Crippen molar-refractivity contribution in [3.8, 4) is 34.0 Å². The van der Waals surface area contributed by atoms with E-state index in [4.69, 9.17) is 9.47 Å². The summed E-state index contributed by atoms with van der Waals surface area (Å²) >= 11 is 0. The number of rotatable bonds is 14. The maximum Gasteiger partial charge on any atom is 0.433 e. The van der Waals surface area contributed by atoms with E-state index in [1.54, 1.807) is 96.4 Å². The molecular weight excluding hydrogens is 1200 g/mol. The Morgan fingerprint density at radius 2 is 0.932 bits per heavy atom. The van der Waals surface area contributed by atoms with Gasteiger partial charge in [0, 0.05) is 86.1 Å². The van der Waals surface area contributed by atoms with E-state index in [2.05, 4.69) is 20.2 Å². The third kappa shape index (κ3) is 13.1. The summed E-state index contributed by atoms with van der Waals surface area (Å²) in [5.74, 6) is 0.0284. The van der Waals surface area contributed by atoms with E-state index in [9.17, 15) is 63.0 Å². The molecule has 4 aromatic heterocycles. The van der Waals surface area contributed by atoms with Crippen LogP contribution in [0.5, 0.6) is 11.5 Å². The van der Waals surface area contributed by atoms with Gasteiger partial charge in [0.05, 0.1) is 73.1 Å². The summed E-state index contributed by atoms with van der Waals surface area (Å²) in [6.45, 7) is 7.45. The number of benzene rings is 4. The highest BCUT2D eigenvalue weighted by Gasteiger charge is 2.42. The zero-order valence-electron chi connectivity index (χ0n) is 49.1. The van der Waals surface area contributed by atoms with Gasteiger partial charge in [0.15, 0.2) is 42.4 Å². The van der Waals surface area contributed by atoms with Gasteiger partial charge >= 0.3 is 12.4 Å². The molecule has 28 heteroatoms. The molecular formula is C60H64F6N10O10S2. The van der Waals surface area contributed by atoms with Gasteiger partial charge in [0.1, 0.15) is 22.6 Å². The molecule has 0 radical (unpaired) electrons. The van der Waals surface area contributed by atoms with E-state index in [0.717, 1.165) is 24.9 Å². The normalized spacial score (nSPS) is 17.2. The fraction of sp³-hybridized carbons (Fsp3) is 0.367. The molecule has 2 amide bonds. The molecule has 2 fully saturated rings. The number of methoxy groups -OCH3 is 2. The minimum absolute atomic E-state index is 0.0647. The Morgan fingerprint density at radius 3 is 1.23 bits per heavy atom. The molecule has 0 saturated carbocycles. The minimum Gasteiger partial charge on any atom is -0.497 e. The second-order valence-electron chi connectivity index (χ2n) is 21.7. The summed E-state index contributed by atoms with van der Waals surface area (Å²) in [6, 6.07) is 23.8. The Labute approximate surface area is 503 Å². The Kier molecular flexibility index (Phi) is 18.5. The van der Waals surface area contributed by atoms with Gasteiger partial charge in [-0.1, -0.05) is 24.3 Å². The summed E-state index contributed by atoms with van der Waals surface area (Å²) in [5, 5.41) is 28.4. The summed E-state index contributed by atoms with van der Waals surface area (Å²) in [4.78, 5) is 44.0. The second-order valence-corrected chi connectivity index (χ2v) is 25.7. The van der Waals surface area contributed by atoms with Gasteiger partial charge in [-0.05, 0) is 112 Å². The van der Waals surface area contributed by atoms with Crippen molar-refractivity contribution in [1.82, 2.24) is 48.8 Å². The van der Waals surface area contributed by atoms with E-state index in [0.29, 0.717) is 69.0 Å². The second kappa shape index (κ2) is 25.2. The SMILES string of the molecule is COc1ccc(-c2nc3c(C(=O)N4CCN([C@@H](CO)c5cccc(S(C)(=O)=O)c5)C[C@H]4C)cnn3c(C(F)(F)F)c2C)cc1.COc1ccc(-c2nc3c(C(=O)N4CCN([C@H](CO)c5cccc(S(C)(=O)=O)c5)C[C@H]4C)cnn3c(C(F)(F)F)c2C)cc1. The summed E-state index contributed by atoms with van der Waals surface area (Å²) in [6.07, 6.45) is -5.09. The van der Waals surface area contributed by atoms with E-state index in [-0.39, 0.29) is 81.0 Å². The highest BCUT2D eigenvalue weighted by atomic mass is 32.2. The molecule has 2 saturated heterocycles. The van der Waals surface area contributed by atoms with E-state index >= 15 is 0 Å². The van der Waals surface area contributed by atoms with Crippen LogP contribution in [-0.4, -0.2) is 179 Å². The molecule has 0 spiro atoms. The molecule has 4 aromatic carbocycles. The van der Waals surface area contributed by atoms with E-state index < -0.39 is 79.4 Å². The minimum atomic E-state index is -4.77. The molecule has 88 heavy (non-hydrogen) atoms. The number of carbonyl (C=O) groups is 2. The molecule has 10 rings (SSSR count). The number of nitrogens with zero attached hydrogens (tertiary/aromatic N) is 10. The quantitative estimate of drug-likeness (QED) is 0.0981. The van der Waals surface area contributed by atoms with Crippen LogP contribution in [0.25, 0.3) is 33.8 Å². The maximum absolute atomic E-state index is 14.3. The lowest BCUT2D eigenvalue weighted by Gasteiger charge is -2.43. The fourth-order valence-corrected chi connectivity index (χ4v) is 12.7. The number of sulfone groups is 2. The van der Waals surface area contributed by atoms with Crippen molar-refractivity contribution in [3.05, 3.63) is 154 Å². The van der Waals surface area contributed by atoms with Crippen LogP contribution in [0.3, 0.4) is 0 Å². The predicted octanol–water partition coefficient (Wildman–Crippen LogP) is 8.03. The van der Waals surface area contributed by atoms with Crippen LogP contribution in [0.1, 0.15) is 80.3 Å². The van der Waals surface area contributed by atoms with Gasteiger partial charge in [0.25, 0.3) is 11.8 Å². The Hall–Kier alpha value is -8.02. The lowest BCUT2D eigenvalue weighted by molar-refractivity contribution is -0.144. The standard InChI is InChI=1S/2C30H32F3N5O5S/c2*1-18-16-36(25(17-39)21-6-5-7-23(14-21)44(4,41)42)12-13-37(18)29(40)24-15-34-38-27(30(31,32)33)19(2)26(35-28(24)38)20-8-10-22(43-3)11-9-20/h2*5-11,14-15,18,25,39H,12-13,16-17H2,1-4H3/t18-,25+;18-,25-/m11/s1. The molecule has 2 N–H and O–H groups in total. The van der Waals surface area contributed by atoms with Crippen molar-refractivity contribution in [2.24, 2.45) is 0 Å². The van der Waals surface area contributed by atoms with Crippen LogP contribution in [0.2, 0.25) is 0 Å². The molecule has 2 aliphatic rings. The van der Waals surface area contributed by atoms with Gasteiger partial charge in [-0.25, -0.2) is 35.8 Å². The largest absolute Gasteiger partial charge is 0.497 e. The van der Waals surface area contributed by atoms with E-state index in [1.807, 2.05) is 9.80 Å². The van der Waals surface area contributed by atoms with Crippen molar-refractivity contribution in [1.29, 1.82) is 0 Å². The molecule has 0 unspecified atom stereocenters. The maximum atomic E-state index is 14.3. The van der Waals surface area contributed by atoms with Crippen LogP contribution in [0.15, 0.2) is 119 Å². The number of ether oxygens (including phenoxy) is 2. The van der Waals surface area contributed by atoms with Gasteiger partial charge < -0.3 is 29.5 Å². The number of piperazine rings is 2. The molecule has 6 heterocycles. The molecule has 20 nitrogen and oxygen atoms in total. The average molecular weight is 1260 g/mol. The number of aliphatic hydroxyl groups is 2. The van der Waals surface area contributed by atoms with Crippen LogP contribution in [0, 0.1) is 13.8 Å². The first-order chi connectivity index (χ1) is 41.5. The van der Waals surface area contributed by atoms with E-state index in [1.165, 1.54) is 52.3 Å². The number of carbonyl (C=O) groups excluding carboxylic acids is 2. The smallest absolute Gasteiger partial charge is 0.433 e. The Morgan fingerprint density at radius 1 is 0.580 bits per heavy atom. The molecule has 0 aliphatic carbocycles. The monoisotopic (exact) mass is 1260 g/mol. The first-order valence-corrected chi connectivity index (χ1v) is 31.4. The zero-order valence-corrected chi connectivity index (χ0v) is 50.7. The van der Waals surface area contributed by atoms with Crippen molar-refractivity contribution in [2.45, 2.75) is 74.0 Å².